The highest BCUT2D eigenvalue weighted by Crippen LogP contribution is 2.06. The Morgan fingerprint density at radius 2 is 2.42 bits per heavy atom. The summed E-state index contributed by atoms with van der Waals surface area (Å²) in [5, 5.41) is 21.6. The van der Waals surface area contributed by atoms with Gasteiger partial charge in [-0.1, -0.05) is 0 Å². The summed E-state index contributed by atoms with van der Waals surface area (Å²) in [7, 11) is 0. The van der Waals surface area contributed by atoms with Crippen LogP contribution in [0.25, 0.3) is 0 Å². The normalized spacial score (nSPS) is 13.2. The SMILES string of the molecule is Cc1nn(CC(O)CO)cc1N. The summed E-state index contributed by atoms with van der Waals surface area (Å²) in [6, 6.07) is 0. The average Bonchev–Trinajstić information content (AvgIpc) is 2.31. The van der Waals surface area contributed by atoms with Crippen molar-refractivity contribution in [1.82, 2.24) is 9.78 Å². The molecule has 1 aromatic rings. The summed E-state index contributed by atoms with van der Waals surface area (Å²) < 4.78 is 1.52. The fourth-order valence-electron chi connectivity index (χ4n) is 0.900. The Balaban J connectivity index is 2.64. The third kappa shape index (κ3) is 1.96. The van der Waals surface area contributed by atoms with Crippen molar-refractivity contribution in [2.75, 3.05) is 12.3 Å². The predicted octanol–water partition coefficient (Wildman–Crippen LogP) is -0.873. The quantitative estimate of drug-likeness (QED) is 0.551. The van der Waals surface area contributed by atoms with Crippen molar-refractivity contribution in [1.29, 1.82) is 0 Å². The third-order valence-corrected chi connectivity index (χ3v) is 1.59. The fourth-order valence-corrected chi connectivity index (χ4v) is 0.900. The number of hydrogen-bond acceptors (Lipinski definition) is 4. The molecule has 0 radical (unpaired) electrons. The molecule has 0 aliphatic heterocycles. The van der Waals surface area contributed by atoms with E-state index in [1.807, 2.05) is 0 Å². The Labute approximate surface area is 70.4 Å². The van der Waals surface area contributed by atoms with Crippen LogP contribution in [0.15, 0.2) is 6.20 Å². The minimum Gasteiger partial charge on any atom is -0.396 e. The largest absolute Gasteiger partial charge is 0.396 e. The number of rotatable bonds is 3. The maximum atomic E-state index is 9.06. The van der Waals surface area contributed by atoms with Crippen molar-refractivity contribution < 1.29 is 10.2 Å². The molecule has 1 unspecified atom stereocenters. The highest BCUT2D eigenvalue weighted by molar-refractivity contribution is 5.39. The van der Waals surface area contributed by atoms with Gasteiger partial charge in [-0.25, -0.2) is 0 Å². The van der Waals surface area contributed by atoms with Crippen LogP contribution in [0.4, 0.5) is 5.69 Å². The van der Waals surface area contributed by atoms with Gasteiger partial charge >= 0.3 is 0 Å². The number of nitrogens with two attached hydrogens (primary N) is 1. The Hall–Kier alpha value is -1.07. The topological polar surface area (TPSA) is 84.3 Å². The van der Waals surface area contributed by atoms with E-state index in [0.29, 0.717) is 5.69 Å². The van der Waals surface area contributed by atoms with Gasteiger partial charge in [-0.3, -0.25) is 4.68 Å². The molecule has 68 valence electrons. The van der Waals surface area contributed by atoms with E-state index in [1.165, 1.54) is 4.68 Å². The van der Waals surface area contributed by atoms with Crippen molar-refractivity contribution in [3.05, 3.63) is 11.9 Å². The fraction of sp³-hybridized carbons (Fsp3) is 0.571. The summed E-state index contributed by atoms with van der Waals surface area (Å²) in [4.78, 5) is 0. The second-order valence-corrected chi connectivity index (χ2v) is 2.73. The second-order valence-electron chi connectivity index (χ2n) is 2.73. The van der Waals surface area contributed by atoms with E-state index in [2.05, 4.69) is 5.10 Å². The minimum atomic E-state index is -0.774. The lowest BCUT2D eigenvalue weighted by atomic mass is 10.4. The average molecular weight is 171 g/mol. The molecule has 5 nitrogen and oxygen atoms in total. The molecule has 0 spiro atoms. The van der Waals surface area contributed by atoms with Gasteiger partial charge in [0, 0.05) is 6.20 Å². The smallest absolute Gasteiger partial charge is 0.0966 e. The molecule has 0 saturated heterocycles. The van der Waals surface area contributed by atoms with Crippen LogP contribution in [-0.4, -0.2) is 32.7 Å². The summed E-state index contributed by atoms with van der Waals surface area (Å²) in [5.41, 5.74) is 6.86. The zero-order chi connectivity index (χ0) is 9.14. The number of anilines is 1. The molecule has 0 bridgehead atoms. The van der Waals surface area contributed by atoms with Crippen LogP contribution in [0, 0.1) is 6.92 Å². The van der Waals surface area contributed by atoms with Gasteiger partial charge in [0.25, 0.3) is 0 Å². The Kier molecular flexibility index (Phi) is 2.67. The number of aliphatic hydroxyl groups is 2. The van der Waals surface area contributed by atoms with Crippen molar-refractivity contribution in [3.8, 4) is 0 Å². The van der Waals surface area contributed by atoms with Crippen LogP contribution < -0.4 is 5.73 Å². The number of aryl methyl sites for hydroxylation is 1. The van der Waals surface area contributed by atoms with E-state index in [-0.39, 0.29) is 13.2 Å². The standard InChI is InChI=1S/C7H13N3O2/c1-5-7(8)3-10(9-5)2-6(12)4-11/h3,6,11-12H,2,4,8H2,1H3. The predicted molar refractivity (Wildman–Crippen MR) is 44.5 cm³/mol. The zero-order valence-corrected chi connectivity index (χ0v) is 6.94. The van der Waals surface area contributed by atoms with E-state index < -0.39 is 6.10 Å². The minimum absolute atomic E-state index is 0.265. The number of nitrogens with zero attached hydrogens (tertiary/aromatic N) is 2. The second kappa shape index (κ2) is 3.55. The van der Waals surface area contributed by atoms with Crippen molar-refractivity contribution in [3.63, 3.8) is 0 Å². The molecular formula is C7H13N3O2. The molecule has 12 heavy (non-hydrogen) atoms. The first-order valence-electron chi connectivity index (χ1n) is 3.72. The molecule has 1 rings (SSSR count). The van der Waals surface area contributed by atoms with Crippen molar-refractivity contribution in [2.24, 2.45) is 0 Å². The first kappa shape index (κ1) is 9.02. The Bertz CT molecular complexity index is 240. The molecule has 5 heteroatoms. The van der Waals surface area contributed by atoms with E-state index in [1.54, 1.807) is 13.1 Å². The Morgan fingerprint density at radius 1 is 1.75 bits per heavy atom. The number of nitrogen functional groups attached to an aromatic ring is 1. The molecule has 0 aliphatic rings. The van der Waals surface area contributed by atoms with Gasteiger partial charge in [0.15, 0.2) is 0 Å². The molecule has 4 N–H and O–H groups in total. The van der Waals surface area contributed by atoms with Crippen LogP contribution in [0.2, 0.25) is 0 Å². The number of hydrogen-bond donors (Lipinski definition) is 3. The molecule has 0 saturated carbocycles. The van der Waals surface area contributed by atoms with Gasteiger partial charge in [-0.15, -0.1) is 0 Å². The van der Waals surface area contributed by atoms with Gasteiger partial charge in [0.05, 0.1) is 30.6 Å². The van der Waals surface area contributed by atoms with E-state index >= 15 is 0 Å². The Morgan fingerprint density at radius 3 is 2.83 bits per heavy atom. The lowest BCUT2D eigenvalue weighted by Crippen LogP contribution is -2.20. The van der Waals surface area contributed by atoms with Crippen LogP contribution in [0.5, 0.6) is 0 Å². The molecule has 0 aromatic carbocycles. The van der Waals surface area contributed by atoms with Gasteiger partial charge in [-0.2, -0.15) is 5.10 Å². The van der Waals surface area contributed by atoms with Gasteiger partial charge < -0.3 is 15.9 Å². The third-order valence-electron chi connectivity index (χ3n) is 1.59. The molecule has 0 amide bonds. The van der Waals surface area contributed by atoms with Gasteiger partial charge in [0.1, 0.15) is 0 Å². The van der Waals surface area contributed by atoms with E-state index in [0.717, 1.165) is 5.69 Å². The molecule has 1 atom stereocenters. The molecular weight excluding hydrogens is 158 g/mol. The zero-order valence-electron chi connectivity index (χ0n) is 6.94. The van der Waals surface area contributed by atoms with Gasteiger partial charge in [0.2, 0.25) is 0 Å². The molecule has 0 fully saturated rings. The number of aromatic nitrogens is 2. The highest BCUT2D eigenvalue weighted by atomic mass is 16.3. The summed E-state index contributed by atoms with van der Waals surface area (Å²) >= 11 is 0. The lowest BCUT2D eigenvalue weighted by Gasteiger charge is -2.05. The molecule has 0 aliphatic carbocycles. The highest BCUT2D eigenvalue weighted by Gasteiger charge is 2.05. The maximum Gasteiger partial charge on any atom is 0.0966 e. The van der Waals surface area contributed by atoms with Crippen molar-refractivity contribution in [2.45, 2.75) is 19.6 Å². The first-order valence-corrected chi connectivity index (χ1v) is 3.72. The van der Waals surface area contributed by atoms with Crippen molar-refractivity contribution >= 4 is 5.69 Å². The first-order chi connectivity index (χ1) is 5.63. The monoisotopic (exact) mass is 171 g/mol. The summed E-state index contributed by atoms with van der Waals surface area (Å²) in [5.74, 6) is 0. The van der Waals surface area contributed by atoms with E-state index in [9.17, 15) is 0 Å². The number of aliphatic hydroxyl groups excluding tert-OH is 2. The van der Waals surface area contributed by atoms with Crippen LogP contribution in [0.3, 0.4) is 0 Å². The summed E-state index contributed by atoms with van der Waals surface area (Å²) in [6.07, 6.45) is 0.859. The maximum absolute atomic E-state index is 9.06. The van der Waals surface area contributed by atoms with Crippen LogP contribution in [-0.2, 0) is 6.54 Å². The summed E-state index contributed by atoms with van der Waals surface area (Å²) in [6.45, 7) is 1.80. The lowest BCUT2D eigenvalue weighted by molar-refractivity contribution is 0.0782. The van der Waals surface area contributed by atoms with E-state index in [4.69, 9.17) is 15.9 Å². The van der Waals surface area contributed by atoms with Crippen LogP contribution >= 0.6 is 0 Å². The molecule has 1 heterocycles. The van der Waals surface area contributed by atoms with Crippen LogP contribution in [0.1, 0.15) is 5.69 Å². The molecule has 1 aromatic heterocycles. The van der Waals surface area contributed by atoms with Gasteiger partial charge in [-0.05, 0) is 6.92 Å².